The van der Waals surface area contributed by atoms with E-state index in [4.69, 9.17) is 5.73 Å². The van der Waals surface area contributed by atoms with E-state index in [1.54, 1.807) is 18.3 Å². The molecule has 0 saturated heterocycles. The summed E-state index contributed by atoms with van der Waals surface area (Å²) in [5, 5.41) is 8.60. The summed E-state index contributed by atoms with van der Waals surface area (Å²) in [6.45, 7) is -2.66. The van der Waals surface area contributed by atoms with Crippen LogP contribution in [0.4, 0.5) is 14.5 Å². The number of hydrogen-bond acceptors (Lipinski definition) is 3. The van der Waals surface area contributed by atoms with Crippen LogP contribution in [-0.2, 0) is 0 Å². The van der Waals surface area contributed by atoms with Crippen LogP contribution in [0.5, 0.6) is 0 Å². The molecule has 0 amide bonds. The van der Waals surface area contributed by atoms with E-state index in [1.165, 1.54) is 17.1 Å². The van der Waals surface area contributed by atoms with E-state index in [-0.39, 0.29) is 0 Å². The molecule has 3 rings (SSSR count). The van der Waals surface area contributed by atoms with Crippen molar-refractivity contribution >= 4 is 16.6 Å². The molecule has 2 aromatic heterocycles. The van der Waals surface area contributed by atoms with Gasteiger partial charge in [0.05, 0.1) is 24.1 Å². The molecule has 0 fully saturated rings. The number of nitrogens with two attached hydrogens (primary N) is 1. The molecule has 1 aromatic carbocycles. The average Bonchev–Trinajstić information content (AvgIpc) is 2.93. The third kappa shape index (κ3) is 1.60. The number of alkyl halides is 2. The quantitative estimate of drug-likeness (QED) is 0.708. The fourth-order valence-corrected chi connectivity index (χ4v) is 1.79. The molecular formula is C11H9F2N5. The number of rotatable bonds is 2. The second-order valence-electron chi connectivity index (χ2n) is 3.83. The van der Waals surface area contributed by atoms with Gasteiger partial charge in [0.25, 0.3) is 0 Å². The molecule has 2 N–H and O–H groups in total. The third-order valence-corrected chi connectivity index (χ3v) is 2.63. The minimum absolute atomic E-state index is 0.468. The Morgan fingerprint density at radius 1 is 1.17 bits per heavy atom. The number of hydrogen-bond donors (Lipinski definition) is 1. The molecule has 7 heteroatoms. The van der Waals surface area contributed by atoms with E-state index in [0.717, 1.165) is 10.9 Å². The molecule has 0 aliphatic rings. The van der Waals surface area contributed by atoms with Crippen molar-refractivity contribution in [3.05, 3.63) is 36.8 Å². The van der Waals surface area contributed by atoms with Crippen LogP contribution in [0.25, 0.3) is 16.6 Å². The average molecular weight is 249 g/mol. The molecule has 3 aromatic rings. The van der Waals surface area contributed by atoms with Gasteiger partial charge in [-0.25, -0.2) is 9.36 Å². The van der Waals surface area contributed by atoms with Crippen molar-refractivity contribution in [3.63, 3.8) is 0 Å². The first-order chi connectivity index (χ1) is 8.65. The first-order valence-corrected chi connectivity index (χ1v) is 5.21. The van der Waals surface area contributed by atoms with E-state index in [9.17, 15) is 8.78 Å². The fraction of sp³-hybridized carbons (Fsp3) is 0.0909. The summed E-state index contributed by atoms with van der Waals surface area (Å²) < 4.78 is 27.0. The zero-order valence-corrected chi connectivity index (χ0v) is 9.16. The van der Waals surface area contributed by atoms with Crippen molar-refractivity contribution in [3.8, 4) is 5.69 Å². The Hall–Kier alpha value is -2.44. The van der Waals surface area contributed by atoms with Crippen LogP contribution in [0.15, 0.2) is 36.8 Å². The summed E-state index contributed by atoms with van der Waals surface area (Å²) in [5.41, 5.74) is 7.51. The van der Waals surface area contributed by atoms with E-state index >= 15 is 0 Å². The molecule has 92 valence electrons. The number of anilines is 1. The number of aromatic nitrogens is 4. The zero-order chi connectivity index (χ0) is 12.7. The smallest absolute Gasteiger partial charge is 0.333 e. The monoisotopic (exact) mass is 249 g/mol. The highest BCUT2D eigenvalue weighted by Crippen LogP contribution is 2.21. The van der Waals surface area contributed by atoms with Gasteiger partial charge in [-0.2, -0.15) is 19.0 Å². The lowest BCUT2D eigenvalue weighted by Crippen LogP contribution is -1.98. The molecule has 0 radical (unpaired) electrons. The first-order valence-electron chi connectivity index (χ1n) is 5.21. The highest BCUT2D eigenvalue weighted by molar-refractivity contribution is 5.83. The van der Waals surface area contributed by atoms with E-state index in [1.807, 2.05) is 6.07 Å². The van der Waals surface area contributed by atoms with Gasteiger partial charge < -0.3 is 5.73 Å². The van der Waals surface area contributed by atoms with Crippen LogP contribution in [-0.4, -0.2) is 19.6 Å². The van der Waals surface area contributed by atoms with Crippen LogP contribution in [0.2, 0.25) is 0 Å². The molecule has 0 atom stereocenters. The Bertz CT molecular complexity index is 700. The maximum atomic E-state index is 12.5. The number of nitrogens with zero attached hydrogens (tertiary/aromatic N) is 4. The Kier molecular flexibility index (Phi) is 2.26. The number of fused-ring (bicyclic) bond motifs is 1. The van der Waals surface area contributed by atoms with Gasteiger partial charge in [0.15, 0.2) is 0 Å². The molecule has 0 aliphatic carbocycles. The summed E-state index contributed by atoms with van der Waals surface area (Å²) >= 11 is 0. The molecule has 0 spiro atoms. The molecule has 18 heavy (non-hydrogen) atoms. The predicted molar refractivity (Wildman–Crippen MR) is 62.5 cm³/mol. The number of nitrogen functional groups attached to an aromatic ring is 1. The number of halogens is 2. The molecule has 0 unspecified atom stereocenters. The Morgan fingerprint density at radius 3 is 2.72 bits per heavy atom. The van der Waals surface area contributed by atoms with Crippen molar-refractivity contribution in [2.75, 3.05) is 5.73 Å². The summed E-state index contributed by atoms with van der Waals surface area (Å²) in [5.74, 6) is 0. The van der Waals surface area contributed by atoms with Crippen LogP contribution in [0.3, 0.4) is 0 Å². The second-order valence-corrected chi connectivity index (χ2v) is 3.83. The van der Waals surface area contributed by atoms with Crippen molar-refractivity contribution < 1.29 is 8.78 Å². The highest BCUT2D eigenvalue weighted by Gasteiger charge is 2.11. The van der Waals surface area contributed by atoms with Gasteiger partial charge in [-0.3, -0.25) is 0 Å². The molecule has 5 nitrogen and oxygen atoms in total. The maximum Gasteiger partial charge on any atom is 0.333 e. The van der Waals surface area contributed by atoms with Gasteiger partial charge in [0.2, 0.25) is 0 Å². The van der Waals surface area contributed by atoms with Crippen molar-refractivity contribution in [1.82, 2.24) is 19.6 Å². The summed E-state index contributed by atoms with van der Waals surface area (Å²) in [6, 6.07) is 5.32. The molecule has 2 heterocycles. The maximum absolute atomic E-state index is 12.5. The third-order valence-electron chi connectivity index (χ3n) is 2.63. The van der Waals surface area contributed by atoms with E-state index < -0.39 is 6.55 Å². The normalized spacial score (nSPS) is 11.5. The Balaban J connectivity index is 2.15. The van der Waals surface area contributed by atoms with Gasteiger partial charge in [-0.15, -0.1) is 0 Å². The minimum atomic E-state index is -2.66. The molecule has 0 bridgehead atoms. The molecule has 0 saturated carbocycles. The predicted octanol–water partition coefficient (Wildman–Crippen LogP) is 2.20. The van der Waals surface area contributed by atoms with Crippen LogP contribution in [0, 0.1) is 0 Å². The molecular weight excluding hydrogens is 240 g/mol. The molecule has 0 aliphatic heterocycles. The van der Waals surface area contributed by atoms with E-state index in [2.05, 4.69) is 10.2 Å². The van der Waals surface area contributed by atoms with Gasteiger partial charge in [0, 0.05) is 11.1 Å². The van der Waals surface area contributed by atoms with Gasteiger partial charge in [-0.05, 0) is 18.2 Å². The Labute approximate surface area is 100 Å². The van der Waals surface area contributed by atoms with Gasteiger partial charge in [0.1, 0.15) is 5.69 Å². The fourth-order valence-electron chi connectivity index (χ4n) is 1.79. The first kappa shape index (κ1) is 10.7. The van der Waals surface area contributed by atoms with Gasteiger partial charge in [-0.1, -0.05) is 0 Å². The van der Waals surface area contributed by atoms with Crippen LogP contribution in [0.1, 0.15) is 6.55 Å². The topological polar surface area (TPSA) is 61.7 Å². The van der Waals surface area contributed by atoms with Crippen LogP contribution >= 0.6 is 0 Å². The zero-order valence-electron chi connectivity index (χ0n) is 9.16. The Morgan fingerprint density at radius 2 is 2.00 bits per heavy atom. The van der Waals surface area contributed by atoms with Crippen molar-refractivity contribution in [2.45, 2.75) is 6.55 Å². The summed E-state index contributed by atoms with van der Waals surface area (Å²) in [6.07, 6.45) is 4.22. The van der Waals surface area contributed by atoms with E-state index in [0.29, 0.717) is 16.1 Å². The van der Waals surface area contributed by atoms with Crippen molar-refractivity contribution in [1.29, 1.82) is 0 Å². The largest absolute Gasteiger partial charge is 0.399 e. The minimum Gasteiger partial charge on any atom is -0.399 e. The lowest BCUT2D eigenvalue weighted by Gasteiger charge is -2.00. The summed E-state index contributed by atoms with van der Waals surface area (Å²) in [4.78, 5) is 0. The van der Waals surface area contributed by atoms with Gasteiger partial charge >= 0.3 is 6.55 Å². The SMILES string of the molecule is Nc1ccc2cnn(-c3cnn(C(F)F)c3)c2c1. The lowest BCUT2D eigenvalue weighted by atomic mass is 10.2. The van der Waals surface area contributed by atoms with Crippen molar-refractivity contribution in [2.24, 2.45) is 0 Å². The van der Waals surface area contributed by atoms with Crippen LogP contribution < -0.4 is 5.73 Å². The standard InChI is InChI=1S/C11H9F2N5/c12-11(13)17-6-9(5-15-17)18-10-3-8(14)2-1-7(10)4-16-18/h1-6,11H,14H2. The highest BCUT2D eigenvalue weighted by atomic mass is 19.3. The number of benzene rings is 1. The lowest BCUT2D eigenvalue weighted by molar-refractivity contribution is 0.0566. The summed E-state index contributed by atoms with van der Waals surface area (Å²) in [7, 11) is 0. The second kappa shape index (κ2) is 3.80.